The molecule has 0 heterocycles. The number of amides is 2. The van der Waals surface area contributed by atoms with Crippen LogP contribution in [0.25, 0.3) is 0 Å². The van der Waals surface area contributed by atoms with Gasteiger partial charge in [0.15, 0.2) is 0 Å². The quantitative estimate of drug-likeness (QED) is 0.800. The topological polar surface area (TPSA) is 49.4 Å². The summed E-state index contributed by atoms with van der Waals surface area (Å²) < 4.78 is 37.6. The zero-order valence-corrected chi connectivity index (χ0v) is 14.9. The van der Waals surface area contributed by atoms with Gasteiger partial charge in [0.1, 0.15) is 0 Å². The molecule has 138 valence electrons. The molecular formula is C17H13Cl2F3N2O2. The summed E-state index contributed by atoms with van der Waals surface area (Å²) in [4.78, 5) is 25.3. The number of hydrogen-bond donors (Lipinski definition) is 1. The van der Waals surface area contributed by atoms with Gasteiger partial charge in [0.2, 0.25) is 5.91 Å². The van der Waals surface area contributed by atoms with Crippen molar-refractivity contribution in [2.75, 3.05) is 18.9 Å². The second kappa shape index (κ2) is 7.97. The first kappa shape index (κ1) is 20.1. The lowest BCUT2D eigenvalue weighted by molar-refractivity contribution is -0.137. The lowest BCUT2D eigenvalue weighted by Crippen LogP contribution is -2.34. The number of halogens is 5. The highest BCUT2D eigenvalue weighted by molar-refractivity contribution is 6.42. The first-order valence-electron chi connectivity index (χ1n) is 7.25. The monoisotopic (exact) mass is 404 g/mol. The fraction of sp³-hybridized carbons (Fsp3) is 0.176. The molecule has 0 atom stereocenters. The van der Waals surface area contributed by atoms with Gasteiger partial charge in [-0.15, -0.1) is 0 Å². The van der Waals surface area contributed by atoms with Gasteiger partial charge >= 0.3 is 6.18 Å². The molecule has 0 saturated carbocycles. The van der Waals surface area contributed by atoms with E-state index in [1.165, 1.54) is 19.2 Å². The fourth-order valence-corrected chi connectivity index (χ4v) is 2.38. The molecule has 0 aromatic heterocycles. The number of carbonyl (C=O) groups excluding carboxylic acids is 2. The van der Waals surface area contributed by atoms with Gasteiger partial charge in [-0.1, -0.05) is 23.2 Å². The van der Waals surface area contributed by atoms with E-state index in [-0.39, 0.29) is 17.1 Å². The van der Waals surface area contributed by atoms with Crippen molar-refractivity contribution in [1.82, 2.24) is 4.90 Å². The number of nitrogens with one attached hydrogen (secondary N) is 1. The van der Waals surface area contributed by atoms with E-state index in [0.717, 1.165) is 29.2 Å². The molecule has 0 saturated heterocycles. The van der Waals surface area contributed by atoms with Gasteiger partial charge in [0.05, 0.1) is 22.2 Å². The van der Waals surface area contributed by atoms with Crippen LogP contribution in [0, 0.1) is 0 Å². The van der Waals surface area contributed by atoms with Crippen molar-refractivity contribution in [2.45, 2.75) is 6.18 Å². The van der Waals surface area contributed by atoms with Crippen molar-refractivity contribution in [3.8, 4) is 0 Å². The van der Waals surface area contributed by atoms with E-state index in [0.29, 0.717) is 10.7 Å². The molecule has 0 aliphatic rings. The van der Waals surface area contributed by atoms with Crippen LogP contribution in [0.5, 0.6) is 0 Å². The van der Waals surface area contributed by atoms with Crippen LogP contribution in [0.3, 0.4) is 0 Å². The lowest BCUT2D eigenvalue weighted by atomic mass is 10.1. The summed E-state index contributed by atoms with van der Waals surface area (Å²) in [6, 6.07) is 8.28. The lowest BCUT2D eigenvalue weighted by Gasteiger charge is -2.17. The predicted octanol–water partition coefficient (Wildman–Crippen LogP) is 4.72. The highest BCUT2D eigenvalue weighted by Gasteiger charge is 2.30. The molecule has 0 unspecified atom stereocenters. The standard InChI is InChI=1S/C17H13Cl2F3N2O2/c1-24(9-15(25)23-12-6-7-13(18)14(19)8-12)16(26)10-2-4-11(5-3-10)17(20,21)22/h2-8H,9H2,1H3,(H,23,25). The van der Waals surface area contributed by atoms with Gasteiger partial charge in [0.25, 0.3) is 5.91 Å². The van der Waals surface area contributed by atoms with Crippen molar-refractivity contribution in [1.29, 1.82) is 0 Å². The molecule has 2 aromatic carbocycles. The Hall–Kier alpha value is -2.25. The molecule has 0 aliphatic heterocycles. The van der Waals surface area contributed by atoms with Crippen LogP contribution in [-0.2, 0) is 11.0 Å². The van der Waals surface area contributed by atoms with Gasteiger partial charge in [0, 0.05) is 18.3 Å². The first-order valence-corrected chi connectivity index (χ1v) is 8.01. The van der Waals surface area contributed by atoms with Crippen LogP contribution < -0.4 is 5.32 Å². The molecule has 0 radical (unpaired) electrons. The normalized spacial score (nSPS) is 11.2. The van der Waals surface area contributed by atoms with Crippen LogP contribution >= 0.6 is 23.2 Å². The SMILES string of the molecule is CN(CC(=O)Nc1ccc(Cl)c(Cl)c1)C(=O)c1ccc(C(F)(F)F)cc1. The van der Waals surface area contributed by atoms with Crippen LogP contribution in [0.2, 0.25) is 10.0 Å². The third-order valence-electron chi connectivity index (χ3n) is 3.39. The Labute approximate surface area is 157 Å². The minimum Gasteiger partial charge on any atom is -0.332 e. The molecule has 0 aliphatic carbocycles. The fourth-order valence-electron chi connectivity index (χ4n) is 2.08. The van der Waals surface area contributed by atoms with E-state index in [2.05, 4.69) is 5.32 Å². The molecule has 0 fully saturated rings. The zero-order chi connectivity index (χ0) is 19.5. The summed E-state index contributed by atoms with van der Waals surface area (Å²) in [5, 5.41) is 3.15. The second-order valence-electron chi connectivity index (χ2n) is 5.41. The van der Waals surface area contributed by atoms with Gasteiger partial charge in [-0.2, -0.15) is 13.2 Å². The summed E-state index contributed by atoms with van der Waals surface area (Å²) in [5.74, 6) is -1.07. The number of hydrogen-bond acceptors (Lipinski definition) is 2. The molecule has 4 nitrogen and oxygen atoms in total. The maximum Gasteiger partial charge on any atom is 0.416 e. The minimum atomic E-state index is -4.48. The summed E-state index contributed by atoms with van der Waals surface area (Å²) in [5.41, 5.74) is -0.406. The van der Waals surface area contributed by atoms with Crippen LogP contribution in [0.4, 0.5) is 18.9 Å². The molecule has 2 rings (SSSR count). The van der Waals surface area contributed by atoms with Gasteiger partial charge in [-0.3, -0.25) is 9.59 Å². The molecule has 0 bridgehead atoms. The largest absolute Gasteiger partial charge is 0.416 e. The number of likely N-dealkylation sites (N-methyl/N-ethyl adjacent to an activating group) is 1. The van der Waals surface area contributed by atoms with Gasteiger partial charge in [-0.25, -0.2) is 0 Å². The van der Waals surface area contributed by atoms with Crippen molar-refractivity contribution in [2.24, 2.45) is 0 Å². The number of benzene rings is 2. The number of rotatable bonds is 4. The predicted molar refractivity (Wildman–Crippen MR) is 93.5 cm³/mol. The Kier molecular flexibility index (Phi) is 6.15. The van der Waals surface area contributed by atoms with Gasteiger partial charge < -0.3 is 10.2 Å². The Morgan fingerprint density at radius 3 is 2.19 bits per heavy atom. The van der Waals surface area contributed by atoms with Crippen molar-refractivity contribution >= 4 is 40.7 Å². The molecule has 2 amide bonds. The Balaban J connectivity index is 1.99. The highest BCUT2D eigenvalue weighted by atomic mass is 35.5. The van der Waals surface area contributed by atoms with E-state index < -0.39 is 23.6 Å². The second-order valence-corrected chi connectivity index (χ2v) is 6.23. The first-order chi connectivity index (χ1) is 12.1. The van der Waals surface area contributed by atoms with Crippen molar-refractivity contribution < 1.29 is 22.8 Å². The highest BCUT2D eigenvalue weighted by Crippen LogP contribution is 2.29. The van der Waals surface area contributed by atoms with Gasteiger partial charge in [-0.05, 0) is 42.5 Å². The summed E-state index contributed by atoms with van der Waals surface area (Å²) in [6.07, 6.45) is -4.48. The number of anilines is 1. The van der Waals surface area contributed by atoms with E-state index >= 15 is 0 Å². The molecule has 2 aromatic rings. The van der Waals surface area contributed by atoms with E-state index in [9.17, 15) is 22.8 Å². The van der Waals surface area contributed by atoms with E-state index in [4.69, 9.17) is 23.2 Å². The maximum absolute atomic E-state index is 12.5. The Bertz CT molecular complexity index is 824. The van der Waals surface area contributed by atoms with E-state index in [1.807, 2.05) is 0 Å². The number of alkyl halides is 3. The Morgan fingerprint density at radius 2 is 1.65 bits per heavy atom. The summed E-state index contributed by atoms with van der Waals surface area (Å²) in [6.45, 7) is -0.292. The maximum atomic E-state index is 12.5. The molecule has 9 heteroatoms. The van der Waals surface area contributed by atoms with E-state index in [1.54, 1.807) is 6.07 Å². The Morgan fingerprint density at radius 1 is 1.04 bits per heavy atom. The molecule has 0 spiro atoms. The average Bonchev–Trinajstić information content (AvgIpc) is 2.56. The zero-order valence-electron chi connectivity index (χ0n) is 13.4. The minimum absolute atomic E-state index is 0.0443. The smallest absolute Gasteiger partial charge is 0.332 e. The van der Waals surface area contributed by atoms with Crippen LogP contribution in [-0.4, -0.2) is 30.3 Å². The number of carbonyl (C=O) groups is 2. The molecular weight excluding hydrogens is 392 g/mol. The molecule has 26 heavy (non-hydrogen) atoms. The summed E-state index contributed by atoms with van der Waals surface area (Å²) in [7, 11) is 1.37. The summed E-state index contributed by atoms with van der Waals surface area (Å²) >= 11 is 11.6. The van der Waals surface area contributed by atoms with Crippen LogP contribution in [0.1, 0.15) is 15.9 Å². The third-order valence-corrected chi connectivity index (χ3v) is 4.13. The van der Waals surface area contributed by atoms with Crippen molar-refractivity contribution in [3.05, 3.63) is 63.6 Å². The van der Waals surface area contributed by atoms with Crippen LogP contribution in [0.15, 0.2) is 42.5 Å². The van der Waals surface area contributed by atoms with Crippen molar-refractivity contribution in [3.63, 3.8) is 0 Å². The average molecular weight is 405 g/mol. The molecule has 1 N–H and O–H groups in total. The third kappa shape index (κ3) is 5.12. The number of nitrogens with zero attached hydrogens (tertiary/aromatic N) is 1.